The number of carbonyl (C=O) groups is 3. The van der Waals surface area contributed by atoms with Crippen LogP contribution in [0.1, 0.15) is 34.8 Å². The van der Waals surface area contributed by atoms with Crippen LogP contribution in [-0.2, 0) is 32.2 Å². The third kappa shape index (κ3) is 7.82. The molecule has 0 radical (unpaired) electrons. The fourth-order valence-electron chi connectivity index (χ4n) is 6.27. The molecule has 3 saturated heterocycles. The molecule has 2 atom stereocenters. The van der Waals surface area contributed by atoms with Gasteiger partial charge in [0, 0.05) is 43.4 Å². The minimum absolute atomic E-state index is 0.0741. The first-order valence-corrected chi connectivity index (χ1v) is 17.7. The van der Waals surface area contributed by atoms with E-state index < -0.39 is 17.4 Å². The predicted molar refractivity (Wildman–Crippen MR) is 193 cm³/mol. The average molecular weight is 691 g/mol. The molecule has 1 N–H and O–H groups in total. The van der Waals surface area contributed by atoms with Gasteiger partial charge in [0.25, 0.3) is 0 Å². The van der Waals surface area contributed by atoms with Gasteiger partial charge in [-0.25, -0.2) is 9.79 Å². The summed E-state index contributed by atoms with van der Waals surface area (Å²) in [4.78, 5) is 54.7. The van der Waals surface area contributed by atoms with E-state index in [2.05, 4.69) is 27.3 Å². The first-order valence-electron chi connectivity index (χ1n) is 16.8. The van der Waals surface area contributed by atoms with Gasteiger partial charge in [-0.15, -0.1) is 0 Å². The van der Waals surface area contributed by atoms with Crippen LogP contribution in [0.25, 0.3) is 0 Å². The van der Waals surface area contributed by atoms with Crippen molar-refractivity contribution < 1.29 is 23.9 Å². The van der Waals surface area contributed by atoms with Crippen molar-refractivity contribution in [2.75, 3.05) is 43.1 Å². The number of likely N-dealkylation sites (tertiary alicyclic amines) is 1. The van der Waals surface area contributed by atoms with E-state index in [1.165, 1.54) is 16.7 Å². The summed E-state index contributed by atoms with van der Waals surface area (Å²) in [6, 6.07) is 28.0. The lowest BCUT2D eigenvalue weighted by molar-refractivity contribution is -0.126. The zero-order valence-electron chi connectivity index (χ0n) is 27.5. The summed E-state index contributed by atoms with van der Waals surface area (Å²) in [6.07, 6.45) is 4.24. The smallest absolute Gasteiger partial charge is 0.410 e. The maximum absolute atomic E-state index is 13.9. The van der Waals surface area contributed by atoms with Gasteiger partial charge in [-0.1, -0.05) is 60.3 Å². The van der Waals surface area contributed by atoms with E-state index in [0.717, 1.165) is 47.6 Å². The highest BCUT2D eigenvalue weighted by atomic mass is 32.2. The molecule has 11 nitrogen and oxygen atoms in total. The van der Waals surface area contributed by atoms with Crippen LogP contribution in [0.4, 0.5) is 21.9 Å². The number of rotatable bonds is 9. The van der Waals surface area contributed by atoms with Crippen molar-refractivity contribution in [1.29, 1.82) is 0 Å². The van der Waals surface area contributed by atoms with Crippen LogP contribution in [-0.4, -0.2) is 76.7 Å². The number of hydrogen-bond donors (Lipinski definition) is 1. The highest BCUT2D eigenvalue weighted by Gasteiger charge is 2.39. The van der Waals surface area contributed by atoms with Gasteiger partial charge in [-0.3, -0.25) is 24.4 Å². The lowest BCUT2D eigenvalue weighted by atomic mass is 10.1. The normalized spacial score (nSPS) is 20.0. The molecule has 3 aliphatic rings. The Kier molecular flexibility index (Phi) is 10.4. The summed E-state index contributed by atoms with van der Waals surface area (Å²) in [5.74, 6) is -0.343. The Bertz CT molecular complexity index is 1820. The molecule has 0 spiro atoms. The highest BCUT2D eigenvalue weighted by molar-refractivity contribution is 8.15. The first-order chi connectivity index (χ1) is 24.5. The zero-order valence-corrected chi connectivity index (χ0v) is 28.3. The molecule has 4 aromatic rings. The van der Waals surface area contributed by atoms with Crippen molar-refractivity contribution in [2.24, 2.45) is 4.99 Å². The summed E-state index contributed by atoms with van der Waals surface area (Å²) in [5.41, 5.74) is 5.05. The number of hydrogen-bond acceptors (Lipinski definition) is 9. The van der Waals surface area contributed by atoms with Crippen LogP contribution in [0.5, 0.6) is 0 Å². The van der Waals surface area contributed by atoms with Gasteiger partial charge in [0.2, 0.25) is 11.8 Å². The number of pyridine rings is 1. The van der Waals surface area contributed by atoms with Crippen molar-refractivity contribution in [3.8, 4) is 0 Å². The molecule has 1 aromatic heterocycles. The summed E-state index contributed by atoms with van der Waals surface area (Å²) in [5, 5.41) is 3.06. The number of amidine groups is 1. The molecular formula is C38H38N6O5S. The fraction of sp³-hybridized carbons (Fsp3) is 0.289. The summed E-state index contributed by atoms with van der Waals surface area (Å²) in [7, 11) is 0. The topological polar surface area (TPSA) is 117 Å². The van der Waals surface area contributed by atoms with Crippen molar-refractivity contribution in [1.82, 2.24) is 14.8 Å². The maximum atomic E-state index is 13.9. The summed E-state index contributed by atoms with van der Waals surface area (Å²) in [6.45, 7) is 4.09. The molecule has 3 aromatic carbocycles. The van der Waals surface area contributed by atoms with Gasteiger partial charge < -0.3 is 19.7 Å². The third-order valence-electron chi connectivity index (χ3n) is 8.93. The van der Waals surface area contributed by atoms with Gasteiger partial charge in [-0.2, -0.15) is 0 Å². The molecule has 3 amide bonds. The van der Waals surface area contributed by atoms with E-state index in [1.807, 2.05) is 66.7 Å². The molecule has 3 aliphatic heterocycles. The zero-order chi connectivity index (χ0) is 34.3. The molecule has 50 heavy (non-hydrogen) atoms. The number of nitrogens with one attached hydrogen (secondary N) is 1. The molecule has 0 aliphatic carbocycles. The summed E-state index contributed by atoms with van der Waals surface area (Å²) < 4.78 is 11.0. The van der Waals surface area contributed by atoms with Crippen LogP contribution in [0.15, 0.2) is 108 Å². The lowest BCUT2D eigenvalue weighted by Gasteiger charge is -2.28. The molecule has 4 heterocycles. The summed E-state index contributed by atoms with van der Waals surface area (Å²) >= 11 is 1.41. The first kappa shape index (κ1) is 33.3. The molecule has 256 valence electrons. The van der Waals surface area contributed by atoms with E-state index in [4.69, 9.17) is 14.5 Å². The second-order valence-electron chi connectivity index (χ2n) is 12.3. The van der Waals surface area contributed by atoms with Crippen molar-refractivity contribution in [3.63, 3.8) is 0 Å². The quantitative estimate of drug-likeness (QED) is 0.222. The second-order valence-corrected chi connectivity index (χ2v) is 13.4. The Labute approximate surface area is 295 Å². The van der Waals surface area contributed by atoms with Crippen LogP contribution in [0.2, 0.25) is 0 Å². The molecule has 0 bridgehead atoms. The number of nitrogens with zero attached hydrogens (tertiary/aromatic N) is 5. The van der Waals surface area contributed by atoms with Crippen LogP contribution < -0.4 is 10.2 Å². The second kappa shape index (κ2) is 15.6. The number of amides is 3. The van der Waals surface area contributed by atoms with Gasteiger partial charge in [0.15, 0.2) is 5.17 Å². The lowest BCUT2D eigenvalue weighted by Crippen LogP contribution is -2.43. The number of aliphatic imine (C=N–C) groups is 1. The maximum Gasteiger partial charge on any atom is 0.410 e. The minimum atomic E-state index is -0.618. The van der Waals surface area contributed by atoms with Crippen LogP contribution >= 0.6 is 11.8 Å². The van der Waals surface area contributed by atoms with Crippen LogP contribution in [0, 0.1) is 0 Å². The Balaban J connectivity index is 1.03. The van der Waals surface area contributed by atoms with Gasteiger partial charge in [0.1, 0.15) is 17.9 Å². The fourth-order valence-corrected chi connectivity index (χ4v) is 7.44. The van der Waals surface area contributed by atoms with E-state index in [-0.39, 0.29) is 18.4 Å². The Morgan fingerprint density at radius 2 is 1.68 bits per heavy atom. The number of anilines is 2. The van der Waals surface area contributed by atoms with E-state index in [9.17, 15) is 14.4 Å². The SMILES string of the molecule is O=C(Nc1ccc(C2SC(=Nc3ccc(N4CCOCC4)cc3)N(Cc3cccnc3)C2=O)cc1)[C@H]1CCCN1C(=O)OCc1ccccc1. The number of thioether (sulfide) groups is 1. The molecule has 12 heteroatoms. The monoisotopic (exact) mass is 690 g/mol. The molecule has 3 fully saturated rings. The number of benzene rings is 3. The van der Waals surface area contributed by atoms with E-state index >= 15 is 0 Å². The molecule has 7 rings (SSSR count). The Morgan fingerprint density at radius 1 is 0.920 bits per heavy atom. The average Bonchev–Trinajstić information content (AvgIpc) is 3.78. The van der Waals surface area contributed by atoms with Gasteiger partial charge in [0.05, 0.1) is 25.4 Å². The minimum Gasteiger partial charge on any atom is -0.445 e. The number of ether oxygens (including phenoxy) is 2. The van der Waals surface area contributed by atoms with Gasteiger partial charge in [-0.05, 0) is 72.0 Å². The van der Waals surface area contributed by atoms with Crippen molar-refractivity contribution >= 4 is 51.9 Å². The van der Waals surface area contributed by atoms with E-state index in [0.29, 0.717) is 43.6 Å². The molecule has 0 saturated carbocycles. The standard InChI is InChI=1S/C38H38N6O5S/c45-35(33-9-5-19-43(33)38(47)49-26-27-6-2-1-3-7-27)40-30-12-10-29(11-13-30)34-36(46)44(25-28-8-4-18-39-24-28)37(50-34)41-31-14-16-32(17-15-31)42-20-22-48-23-21-42/h1-4,6-8,10-18,24,33-34H,5,9,19-23,25-26H2,(H,40,45)/t33-,34?/m1/s1. The van der Waals surface area contributed by atoms with Crippen LogP contribution in [0.3, 0.4) is 0 Å². The third-order valence-corrected chi connectivity index (χ3v) is 10.2. The molecule has 1 unspecified atom stereocenters. The number of aromatic nitrogens is 1. The largest absolute Gasteiger partial charge is 0.445 e. The van der Waals surface area contributed by atoms with Crippen molar-refractivity contribution in [3.05, 3.63) is 120 Å². The number of carbonyl (C=O) groups excluding carboxylic acids is 3. The van der Waals surface area contributed by atoms with Gasteiger partial charge >= 0.3 is 6.09 Å². The Hall–Kier alpha value is -5.20. The van der Waals surface area contributed by atoms with Crippen molar-refractivity contribution in [2.45, 2.75) is 37.3 Å². The number of morpholine rings is 1. The van der Waals surface area contributed by atoms with E-state index in [1.54, 1.807) is 29.4 Å². The predicted octanol–water partition coefficient (Wildman–Crippen LogP) is 6.16. The highest BCUT2D eigenvalue weighted by Crippen LogP contribution is 2.41. The Morgan fingerprint density at radius 3 is 2.42 bits per heavy atom. The molecular weight excluding hydrogens is 653 g/mol.